The summed E-state index contributed by atoms with van der Waals surface area (Å²) in [6, 6.07) is -0.837. The Bertz CT molecular complexity index is 916. The number of aromatic nitrogens is 1. The summed E-state index contributed by atoms with van der Waals surface area (Å²) in [4.78, 5) is 56.7. The van der Waals surface area contributed by atoms with Gasteiger partial charge >= 0.3 is 5.97 Å². The molecule has 28 heavy (non-hydrogen) atoms. The van der Waals surface area contributed by atoms with Crippen molar-refractivity contribution in [1.82, 2.24) is 15.2 Å². The first-order valence-electron chi connectivity index (χ1n) is 7.54. The number of hydrogen-bond acceptors (Lipinski definition) is 9. The van der Waals surface area contributed by atoms with Crippen LogP contribution in [0.5, 0.6) is 0 Å². The maximum Gasteiger partial charge on any atom is 0.333 e. The SMILES string of the molecule is CON=C(C(=O)NC1C(=O)N2C=C(C(=O)O)CS[C@H]12)c1nc(NC=O)sc1Br. The first-order valence-corrected chi connectivity index (χ1v) is 10.2. The van der Waals surface area contributed by atoms with Gasteiger partial charge in [-0.3, -0.25) is 14.4 Å². The van der Waals surface area contributed by atoms with E-state index in [9.17, 15) is 19.2 Å². The van der Waals surface area contributed by atoms with Gasteiger partial charge in [0.25, 0.3) is 11.8 Å². The fourth-order valence-electron chi connectivity index (χ4n) is 2.48. The van der Waals surface area contributed by atoms with Crippen LogP contribution in [0.2, 0.25) is 0 Å². The Morgan fingerprint density at radius 2 is 2.29 bits per heavy atom. The van der Waals surface area contributed by atoms with Crippen LogP contribution in [0.15, 0.2) is 20.7 Å². The van der Waals surface area contributed by atoms with Crippen LogP contribution in [-0.2, 0) is 24.0 Å². The molecule has 1 unspecified atom stereocenters. The number of fused-ring (bicyclic) bond motifs is 1. The molecule has 0 spiro atoms. The lowest BCUT2D eigenvalue weighted by Crippen LogP contribution is -2.69. The van der Waals surface area contributed by atoms with Gasteiger partial charge in [0.2, 0.25) is 6.41 Å². The third kappa shape index (κ3) is 3.74. The zero-order valence-electron chi connectivity index (χ0n) is 14.0. The average molecular weight is 490 g/mol. The Morgan fingerprint density at radius 3 is 2.93 bits per heavy atom. The van der Waals surface area contributed by atoms with E-state index in [-0.39, 0.29) is 27.9 Å². The summed E-state index contributed by atoms with van der Waals surface area (Å²) < 4.78 is 0.436. The van der Waals surface area contributed by atoms with Crippen LogP contribution in [0.1, 0.15) is 5.69 Å². The Kier molecular flexibility index (Phi) is 6.00. The number of hydrogen-bond donors (Lipinski definition) is 3. The summed E-state index contributed by atoms with van der Waals surface area (Å²) >= 11 is 5.56. The van der Waals surface area contributed by atoms with Gasteiger partial charge in [-0.1, -0.05) is 16.5 Å². The minimum absolute atomic E-state index is 0.114. The number of amides is 3. The molecule has 0 saturated carbocycles. The summed E-state index contributed by atoms with van der Waals surface area (Å²) in [5.41, 5.74) is 0.0720. The van der Waals surface area contributed by atoms with E-state index in [1.165, 1.54) is 30.0 Å². The number of aliphatic carboxylic acids is 1. The maximum atomic E-state index is 12.7. The maximum absolute atomic E-state index is 12.7. The summed E-state index contributed by atoms with van der Waals surface area (Å²) in [6.45, 7) is 0. The second-order valence-corrected chi connectivity index (χ2v) is 8.81. The van der Waals surface area contributed by atoms with Gasteiger partial charge in [-0.25, -0.2) is 9.78 Å². The predicted molar refractivity (Wildman–Crippen MR) is 104 cm³/mol. The molecular weight excluding hydrogens is 478 g/mol. The lowest BCUT2D eigenvalue weighted by Gasteiger charge is -2.46. The van der Waals surface area contributed by atoms with E-state index in [0.717, 1.165) is 11.3 Å². The molecule has 3 amide bonds. The molecule has 1 aromatic heterocycles. The van der Waals surface area contributed by atoms with Crippen molar-refractivity contribution in [2.45, 2.75) is 11.4 Å². The molecule has 1 aromatic rings. The molecule has 2 aliphatic heterocycles. The first-order chi connectivity index (χ1) is 13.4. The number of oxime groups is 1. The molecule has 11 nitrogen and oxygen atoms in total. The van der Waals surface area contributed by atoms with E-state index >= 15 is 0 Å². The van der Waals surface area contributed by atoms with Crippen molar-refractivity contribution in [3.8, 4) is 0 Å². The van der Waals surface area contributed by atoms with Gasteiger partial charge in [0.05, 0.1) is 5.57 Å². The van der Waals surface area contributed by atoms with E-state index in [4.69, 9.17) is 9.94 Å². The lowest BCUT2D eigenvalue weighted by molar-refractivity contribution is -0.144. The van der Waals surface area contributed by atoms with Crippen molar-refractivity contribution in [3.05, 3.63) is 21.3 Å². The molecule has 3 heterocycles. The summed E-state index contributed by atoms with van der Waals surface area (Å²) in [7, 11) is 1.25. The summed E-state index contributed by atoms with van der Waals surface area (Å²) in [6.07, 6.45) is 1.73. The molecule has 14 heteroatoms. The van der Waals surface area contributed by atoms with Gasteiger partial charge in [-0.2, -0.15) is 0 Å². The van der Waals surface area contributed by atoms with Gasteiger partial charge in [-0.15, -0.1) is 11.8 Å². The predicted octanol–water partition coefficient (Wildman–Crippen LogP) is 0.193. The molecule has 0 bridgehead atoms. The van der Waals surface area contributed by atoms with E-state index in [1.54, 1.807) is 0 Å². The highest BCUT2D eigenvalue weighted by Crippen LogP contribution is 2.36. The number of carbonyl (C=O) groups excluding carboxylic acids is 3. The van der Waals surface area contributed by atoms with Crippen molar-refractivity contribution in [2.24, 2.45) is 5.16 Å². The zero-order valence-corrected chi connectivity index (χ0v) is 17.3. The number of halogens is 1. The van der Waals surface area contributed by atoms with Gasteiger partial charge in [0.15, 0.2) is 10.8 Å². The van der Waals surface area contributed by atoms with Crippen LogP contribution < -0.4 is 10.6 Å². The lowest BCUT2D eigenvalue weighted by atomic mass is 10.1. The van der Waals surface area contributed by atoms with Crippen molar-refractivity contribution in [1.29, 1.82) is 0 Å². The highest BCUT2D eigenvalue weighted by Gasteiger charge is 2.50. The largest absolute Gasteiger partial charge is 0.478 e. The molecule has 1 fully saturated rings. The molecular formula is C14H12BrN5O6S2. The molecule has 3 rings (SSSR count). The number of β-lactam (4-membered cyclic amide) rings is 1. The number of thioether (sulfide) groups is 1. The number of carboxylic acids is 1. The normalized spacial score (nSPS) is 21.2. The van der Waals surface area contributed by atoms with Crippen LogP contribution in [0.25, 0.3) is 0 Å². The minimum Gasteiger partial charge on any atom is -0.478 e. The van der Waals surface area contributed by atoms with Crippen LogP contribution in [0, 0.1) is 0 Å². The molecule has 0 radical (unpaired) electrons. The molecule has 0 aliphatic carbocycles. The molecule has 2 atom stereocenters. The summed E-state index contributed by atoms with van der Waals surface area (Å²) in [5, 5.41) is 17.5. The van der Waals surface area contributed by atoms with Gasteiger partial charge in [0.1, 0.15) is 28.0 Å². The quantitative estimate of drug-likeness (QED) is 0.212. The number of thiazole rings is 1. The van der Waals surface area contributed by atoms with Crippen molar-refractivity contribution in [3.63, 3.8) is 0 Å². The van der Waals surface area contributed by atoms with Crippen LogP contribution in [-0.4, -0.2) is 69.2 Å². The van der Waals surface area contributed by atoms with Crippen LogP contribution in [0.4, 0.5) is 5.13 Å². The fraction of sp³-hybridized carbons (Fsp3) is 0.286. The standard InChI is InChI=1S/C14H12BrN5O6S2/c1-26-19-7(6-9(15)28-14(18-6)16-4-21)10(22)17-8-11(23)20-2-5(13(24)25)3-27-12(8)20/h2,4,8,12H,3H2,1H3,(H,17,22)(H,24,25)(H,16,18,21)/t8?,12-/m1/s1. The number of nitrogens with one attached hydrogen (secondary N) is 2. The van der Waals surface area contributed by atoms with E-state index in [2.05, 4.69) is 36.7 Å². The molecule has 1 saturated heterocycles. The van der Waals surface area contributed by atoms with E-state index < -0.39 is 29.2 Å². The smallest absolute Gasteiger partial charge is 0.333 e. The number of rotatable bonds is 7. The van der Waals surface area contributed by atoms with Crippen LogP contribution in [0.3, 0.4) is 0 Å². The Balaban J connectivity index is 1.76. The van der Waals surface area contributed by atoms with E-state index in [0.29, 0.717) is 10.2 Å². The Hall–Kier alpha value is -2.45. The number of carbonyl (C=O) groups is 4. The monoisotopic (exact) mass is 489 g/mol. The summed E-state index contributed by atoms with van der Waals surface area (Å²) in [5.74, 6) is -2.00. The minimum atomic E-state index is -1.09. The van der Waals surface area contributed by atoms with Crippen LogP contribution >= 0.6 is 39.0 Å². The molecule has 0 aromatic carbocycles. The number of nitrogens with zero attached hydrogens (tertiary/aromatic N) is 3. The fourth-order valence-corrected chi connectivity index (χ4v) is 5.12. The first kappa shape index (κ1) is 20.3. The third-order valence-corrected chi connectivity index (χ3v) is 6.69. The Labute approximate surface area is 174 Å². The average Bonchev–Trinajstić information content (AvgIpc) is 3.03. The Morgan fingerprint density at radius 1 is 1.54 bits per heavy atom. The van der Waals surface area contributed by atoms with Gasteiger partial charge < -0.3 is 25.5 Å². The van der Waals surface area contributed by atoms with Crippen molar-refractivity contribution in [2.75, 3.05) is 18.2 Å². The molecule has 148 valence electrons. The highest BCUT2D eigenvalue weighted by atomic mass is 79.9. The topological polar surface area (TPSA) is 150 Å². The molecule has 3 N–H and O–H groups in total. The number of carboxylic acid groups (broad SMARTS) is 1. The number of anilines is 1. The van der Waals surface area contributed by atoms with E-state index in [1.807, 2.05) is 0 Å². The highest BCUT2D eigenvalue weighted by molar-refractivity contribution is 9.11. The molecule has 2 aliphatic rings. The van der Waals surface area contributed by atoms with Gasteiger partial charge in [0, 0.05) is 12.0 Å². The van der Waals surface area contributed by atoms with Crippen molar-refractivity contribution >= 4 is 74.1 Å². The van der Waals surface area contributed by atoms with Crippen molar-refractivity contribution < 1.29 is 29.1 Å². The second-order valence-electron chi connectivity index (χ2n) is 5.38. The third-order valence-electron chi connectivity index (χ3n) is 3.74. The van der Waals surface area contributed by atoms with Gasteiger partial charge in [-0.05, 0) is 15.9 Å². The zero-order chi connectivity index (χ0) is 20.4. The second kappa shape index (κ2) is 8.28.